The molecule has 1 aromatic carbocycles. The summed E-state index contributed by atoms with van der Waals surface area (Å²) in [5, 5.41) is 12.2. The monoisotopic (exact) mass is 432 g/mol. The van der Waals surface area contributed by atoms with Crippen molar-refractivity contribution in [1.29, 1.82) is 0 Å². The van der Waals surface area contributed by atoms with Crippen LogP contribution in [0.5, 0.6) is 5.75 Å². The van der Waals surface area contributed by atoms with Gasteiger partial charge in [-0.05, 0) is 43.8 Å². The van der Waals surface area contributed by atoms with Gasteiger partial charge >= 0.3 is 0 Å². The molecule has 1 aliphatic rings. The highest BCUT2D eigenvalue weighted by Gasteiger charge is 2.20. The Bertz CT molecular complexity index is 854. The van der Waals surface area contributed by atoms with Crippen molar-refractivity contribution in [3.63, 3.8) is 0 Å². The summed E-state index contributed by atoms with van der Waals surface area (Å²) in [6.45, 7) is 4.64. The summed E-state index contributed by atoms with van der Waals surface area (Å²) >= 11 is 1.31. The fourth-order valence-corrected chi connectivity index (χ4v) is 3.91. The van der Waals surface area contributed by atoms with Crippen LogP contribution in [0.1, 0.15) is 21.2 Å². The van der Waals surface area contributed by atoms with Gasteiger partial charge in [0.2, 0.25) is 10.9 Å². The Balaban J connectivity index is 1.51. The van der Waals surface area contributed by atoms with Gasteiger partial charge in [-0.2, -0.15) is 0 Å². The lowest BCUT2D eigenvalue weighted by Crippen LogP contribution is -2.38. The molecule has 1 aromatic heterocycles. The van der Waals surface area contributed by atoms with Gasteiger partial charge in [0.15, 0.2) is 0 Å². The number of benzene rings is 1. The average molecular weight is 433 g/mol. The number of ether oxygens (including phenoxy) is 1. The van der Waals surface area contributed by atoms with Crippen LogP contribution >= 0.6 is 11.3 Å². The predicted molar refractivity (Wildman–Crippen MR) is 116 cm³/mol. The number of nitrogens with one attached hydrogen (secondary N) is 1. The Morgan fingerprint density at radius 1 is 1.10 bits per heavy atom. The SMILES string of the molecule is COc1ccc(NC(=O)c2nnc(CN3CCCN(CC(=O)N(C)C)CC3)s2)cc1. The van der Waals surface area contributed by atoms with E-state index in [1.807, 2.05) is 0 Å². The van der Waals surface area contributed by atoms with E-state index in [1.54, 1.807) is 50.4 Å². The highest BCUT2D eigenvalue weighted by Crippen LogP contribution is 2.18. The maximum atomic E-state index is 12.4. The van der Waals surface area contributed by atoms with Crippen molar-refractivity contribution in [3.05, 3.63) is 34.3 Å². The zero-order chi connectivity index (χ0) is 21.5. The Hall–Kier alpha value is -2.56. The normalized spacial score (nSPS) is 15.4. The molecule has 0 saturated carbocycles. The smallest absolute Gasteiger partial charge is 0.286 e. The molecule has 1 saturated heterocycles. The molecule has 9 nitrogen and oxygen atoms in total. The molecule has 0 atom stereocenters. The summed E-state index contributed by atoms with van der Waals surface area (Å²) in [5.41, 5.74) is 0.678. The zero-order valence-electron chi connectivity index (χ0n) is 17.6. The fourth-order valence-electron chi connectivity index (χ4n) is 3.13. The number of amides is 2. The molecule has 1 fully saturated rings. The van der Waals surface area contributed by atoms with E-state index in [0.717, 1.165) is 43.4 Å². The van der Waals surface area contributed by atoms with Crippen molar-refractivity contribution in [2.75, 3.05) is 59.2 Å². The molecule has 2 heterocycles. The second-order valence-electron chi connectivity index (χ2n) is 7.38. The summed E-state index contributed by atoms with van der Waals surface area (Å²) in [4.78, 5) is 30.5. The van der Waals surface area contributed by atoms with Crippen molar-refractivity contribution in [2.24, 2.45) is 0 Å². The number of aromatic nitrogens is 2. The summed E-state index contributed by atoms with van der Waals surface area (Å²) < 4.78 is 5.12. The second-order valence-corrected chi connectivity index (χ2v) is 8.44. The third-order valence-electron chi connectivity index (χ3n) is 4.91. The molecular formula is C20H28N6O3S. The van der Waals surface area contributed by atoms with Crippen LogP contribution in [-0.4, -0.2) is 90.6 Å². The molecule has 2 amide bonds. The van der Waals surface area contributed by atoms with Crippen LogP contribution in [0.2, 0.25) is 0 Å². The molecular weight excluding hydrogens is 404 g/mol. The maximum Gasteiger partial charge on any atom is 0.286 e. The van der Waals surface area contributed by atoms with Gasteiger partial charge < -0.3 is 15.0 Å². The number of anilines is 1. The van der Waals surface area contributed by atoms with Gasteiger partial charge in [-0.25, -0.2) is 0 Å². The molecule has 30 heavy (non-hydrogen) atoms. The van der Waals surface area contributed by atoms with Gasteiger partial charge in [0, 0.05) is 32.9 Å². The fraction of sp³-hybridized carbons (Fsp3) is 0.500. The summed E-state index contributed by atoms with van der Waals surface area (Å²) in [6.07, 6.45) is 0.990. The van der Waals surface area contributed by atoms with Gasteiger partial charge in [-0.15, -0.1) is 10.2 Å². The maximum absolute atomic E-state index is 12.4. The Labute approximate surface area is 180 Å². The standard InChI is InChI=1S/C20H28N6O3S/c1-24(2)18(27)14-26-10-4-9-25(11-12-26)13-17-22-23-20(30-17)19(28)21-15-5-7-16(29-3)8-6-15/h5-8H,4,9-14H2,1-3H3,(H,21,28). The third-order valence-corrected chi connectivity index (χ3v) is 5.81. The first kappa shape index (κ1) is 22.1. The van der Waals surface area contributed by atoms with Crippen molar-refractivity contribution >= 4 is 28.8 Å². The largest absolute Gasteiger partial charge is 0.497 e. The number of methoxy groups -OCH3 is 1. The number of likely N-dealkylation sites (N-methyl/N-ethyl adjacent to an activating group) is 1. The molecule has 1 aliphatic heterocycles. The summed E-state index contributed by atoms with van der Waals surface area (Å²) in [5.74, 6) is 0.585. The summed E-state index contributed by atoms with van der Waals surface area (Å²) in [6, 6.07) is 7.14. The topological polar surface area (TPSA) is 90.9 Å². The minimum Gasteiger partial charge on any atom is -0.497 e. The average Bonchev–Trinajstić information content (AvgIpc) is 3.09. The zero-order valence-corrected chi connectivity index (χ0v) is 18.4. The van der Waals surface area contributed by atoms with Crippen molar-refractivity contribution in [3.8, 4) is 5.75 Å². The van der Waals surface area contributed by atoms with E-state index in [9.17, 15) is 9.59 Å². The summed E-state index contributed by atoms with van der Waals surface area (Å²) in [7, 11) is 5.16. The van der Waals surface area contributed by atoms with Crippen LogP contribution in [-0.2, 0) is 11.3 Å². The molecule has 0 radical (unpaired) electrons. The van der Waals surface area contributed by atoms with E-state index in [2.05, 4.69) is 25.3 Å². The first-order valence-corrected chi connectivity index (χ1v) is 10.7. The number of nitrogens with zero attached hydrogens (tertiary/aromatic N) is 5. The van der Waals surface area contributed by atoms with Crippen LogP contribution in [0, 0.1) is 0 Å². The van der Waals surface area contributed by atoms with Gasteiger partial charge in [-0.1, -0.05) is 11.3 Å². The van der Waals surface area contributed by atoms with Crippen LogP contribution < -0.4 is 10.1 Å². The molecule has 10 heteroatoms. The minimum absolute atomic E-state index is 0.125. The van der Waals surface area contributed by atoms with E-state index in [1.165, 1.54) is 11.3 Å². The molecule has 162 valence electrons. The number of carbonyl (C=O) groups is 2. The van der Waals surface area contributed by atoms with Crippen LogP contribution in [0.3, 0.4) is 0 Å². The lowest BCUT2D eigenvalue weighted by molar-refractivity contribution is -0.129. The van der Waals surface area contributed by atoms with E-state index in [-0.39, 0.29) is 11.8 Å². The first-order valence-electron chi connectivity index (χ1n) is 9.87. The van der Waals surface area contributed by atoms with Gasteiger partial charge in [0.25, 0.3) is 5.91 Å². The molecule has 0 bridgehead atoms. The molecule has 2 aromatic rings. The first-order chi connectivity index (χ1) is 14.4. The van der Waals surface area contributed by atoms with E-state index in [4.69, 9.17) is 4.74 Å². The van der Waals surface area contributed by atoms with Crippen molar-refractivity contribution in [1.82, 2.24) is 24.9 Å². The van der Waals surface area contributed by atoms with E-state index < -0.39 is 0 Å². The quantitative estimate of drug-likeness (QED) is 0.707. The van der Waals surface area contributed by atoms with Crippen molar-refractivity contribution < 1.29 is 14.3 Å². The van der Waals surface area contributed by atoms with Crippen LogP contribution in [0.15, 0.2) is 24.3 Å². The van der Waals surface area contributed by atoms with E-state index in [0.29, 0.717) is 23.8 Å². The van der Waals surface area contributed by atoms with Gasteiger partial charge in [-0.3, -0.25) is 19.4 Å². The van der Waals surface area contributed by atoms with E-state index >= 15 is 0 Å². The Morgan fingerprint density at radius 2 is 1.80 bits per heavy atom. The second kappa shape index (κ2) is 10.5. The molecule has 3 rings (SSSR count). The van der Waals surface area contributed by atoms with Crippen molar-refractivity contribution in [2.45, 2.75) is 13.0 Å². The molecule has 1 N–H and O–H groups in total. The van der Waals surface area contributed by atoms with Gasteiger partial charge in [0.1, 0.15) is 10.8 Å². The highest BCUT2D eigenvalue weighted by molar-refractivity contribution is 7.13. The number of hydrogen-bond acceptors (Lipinski definition) is 8. The van der Waals surface area contributed by atoms with Crippen LogP contribution in [0.25, 0.3) is 0 Å². The number of carbonyl (C=O) groups excluding carboxylic acids is 2. The van der Waals surface area contributed by atoms with Gasteiger partial charge in [0.05, 0.1) is 20.2 Å². The number of hydrogen-bond donors (Lipinski definition) is 1. The Morgan fingerprint density at radius 3 is 2.50 bits per heavy atom. The lowest BCUT2D eigenvalue weighted by Gasteiger charge is -2.22. The molecule has 0 unspecified atom stereocenters. The number of rotatable bonds is 7. The molecule has 0 aliphatic carbocycles. The minimum atomic E-state index is -0.270. The third kappa shape index (κ3) is 6.22. The highest BCUT2D eigenvalue weighted by atomic mass is 32.1. The Kier molecular flexibility index (Phi) is 7.72. The van der Waals surface area contributed by atoms with Crippen LogP contribution in [0.4, 0.5) is 5.69 Å². The lowest BCUT2D eigenvalue weighted by atomic mass is 10.3. The predicted octanol–water partition coefficient (Wildman–Crippen LogP) is 1.39. The molecule has 0 spiro atoms.